The number of likely N-dealkylation sites (tertiary alicyclic amines) is 1. The lowest BCUT2D eigenvalue weighted by atomic mass is 9.88. The number of aromatic nitrogens is 2. The standard InChI is InChI=1S/C20H30N4O/c1-5-18(25)22-17-7-6-16-19(23-17)15(12-21-16)14-8-10-24(11-9-14)13-20(2,3)4/h6-7,12,14,21H,5,8-11,13H2,1-4H3,(H,22,23,25). The molecule has 0 saturated carbocycles. The van der Waals surface area contributed by atoms with Gasteiger partial charge in [-0.05, 0) is 55.0 Å². The molecular formula is C20H30N4O. The molecule has 1 aliphatic heterocycles. The zero-order chi connectivity index (χ0) is 18.0. The first-order valence-electron chi connectivity index (χ1n) is 9.36. The van der Waals surface area contributed by atoms with Crippen LogP contribution in [0.3, 0.4) is 0 Å². The first-order valence-corrected chi connectivity index (χ1v) is 9.36. The zero-order valence-electron chi connectivity index (χ0n) is 15.9. The summed E-state index contributed by atoms with van der Waals surface area (Å²) in [7, 11) is 0. The Hall–Kier alpha value is -1.88. The van der Waals surface area contributed by atoms with Crippen molar-refractivity contribution < 1.29 is 4.79 Å². The molecule has 5 nitrogen and oxygen atoms in total. The number of carbonyl (C=O) groups is 1. The van der Waals surface area contributed by atoms with Gasteiger partial charge in [0.05, 0.1) is 11.0 Å². The Balaban J connectivity index is 1.73. The molecule has 1 amide bonds. The fourth-order valence-electron chi connectivity index (χ4n) is 3.70. The molecule has 1 fully saturated rings. The van der Waals surface area contributed by atoms with Crippen LogP contribution >= 0.6 is 0 Å². The summed E-state index contributed by atoms with van der Waals surface area (Å²) >= 11 is 0. The second-order valence-corrected chi connectivity index (χ2v) is 8.35. The van der Waals surface area contributed by atoms with Crippen molar-refractivity contribution in [2.75, 3.05) is 25.0 Å². The average molecular weight is 342 g/mol. The van der Waals surface area contributed by atoms with Crippen LogP contribution in [-0.4, -0.2) is 40.4 Å². The number of pyridine rings is 1. The van der Waals surface area contributed by atoms with Gasteiger partial charge in [-0.3, -0.25) is 4.79 Å². The molecule has 2 aromatic rings. The summed E-state index contributed by atoms with van der Waals surface area (Å²) in [5, 5.41) is 2.86. The third-order valence-electron chi connectivity index (χ3n) is 4.87. The third-order valence-corrected chi connectivity index (χ3v) is 4.87. The second-order valence-electron chi connectivity index (χ2n) is 8.35. The van der Waals surface area contributed by atoms with Gasteiger partial charge in [-0.1, -0.05) is 27.7 Å². The molecule has 3 heterocycles. The second kappa shape index (κ2) is 7.16. The van der Waals surface area contributed by atoms with Gasteiger partial charge in [0.25, 0.3) is 0 Å². The van der Waals surface area contributed by atoms with Crippen LogP contribution in [0.2, 0.25) is 0 Å². The molecular weight excluding hydrogens is 312 g/mol. The van der Waals surface area contributed by atoms with E-state index in [-0.39, 0.29) is 5.91 Å². The molecule has 0 spiro atoms. The highest BCUT2D eigenvalue weighted by atomic mass is 16.1. The number of anilines is 1. The van der Waals surface area contributed by atoms with E-state index >= 15 is 0 Å². The zero-order valence-corrected chi connectivity index (χ0v) is 15.9. The van der Waals surface area contributed by atoms with Crippen molar-refractivity contribution in [3.05, 3.63) is 23.9 Å². The van der Waals surface area contributed by atoms with Crippen molar-refractivity contribution in [1.82, 2.24) is 14.9 Å². The Kier molecular flexibility index (Phi) is 5.13. The molecule has 0 unspecified atom stereocenters. The van der Waals surface area contributed by atoms with E-state index in [0.29, 0.717) is 23.6 Å². The number of hydrogen-bond donors (Lipinski definition) is 2. The van der Waals surface area contributed by atoms with E-state index in [4.69, 9.17) is 4.98 Å². The lowest BCUT2D eigenvalue weighted by molar-refractivity contribution is -0.115. The first kappa shape index (κ1) is 17.9. The number of aromatic amines is 1. The van der Waals surface area contributed by atoms with Gasteiger partial charge in [0.1, 0.15) is 5.82 Å². The van der Waals surface area contributed by atoms with Crippen LogP contribution in [0.15, 0.2) is 18.3 Å². The molecule has 0 aliphatic carbocycles. The first-order chi connectivity index (χ1) is 11.9. The number of carbonyl (C=O) groups excluding carboxylic acids is 1. The van der Waals surface area contributed by atoms with Gasteiger partial charge in [0.2, 0.25) is 5.91 Å². The molecule has 25 heavy (non-hydrogen) atoms. The lowest BCUT2D eigenvalue weighted by Crippen LogP contribution is -2.38. The number of amides is 1. The van der Waals surface area contributed by atoms with Gasteiger partial charge in [-0.25, -0.2) is 4.98 Å². The van der Waals surface area contributed by atoms with Crippen LogP contribution < -0.4 is 5.32 Å². The molecule has 136 valence electrons. The Morgan fingerprint density at radius 1 is 1.32 bits per heavy atom. The SMILES string of the molecule is CCC(=O)Nc1ccc2[nH]cc(C3CCN(CC(C)(C)C)CC3)c2n1. The smallest absolute Gasteiger partial charge is 0.225 e. The normalized spacial score (nSPS) is 17.1. The van der Waals surface area contributed by atoms with E-state index in [0.717, 1.165) is 43.5 Å². The largest absolute Gasteiger partial charge is 0.360 e. The van der Waals surface area contributed by atoms with Crippen molar-refractivity contribution in [1.29, 1.82) is 0 Å². The van der Waals surface area contributed by atoms with Crippen LogP contribution in [0, 0.1) is 5.41 Å². The number of piperidine rings is 1. The van der Waals surface area contributed by atoms with Gasteiger partial charge in [0.15, 0.2) is 0 Å². The van der Waals surface area contributed by atoms with Crippen LogP contribution in [0.5, 0.6) is 0 Å². The van der Waals surface area contributed by atoms with Gasteiger partial charge < -0.3 is 15.2 Å². The molecule has 0 bridgehead atoms. The van der Waals surface area contributed by atoms with Gasteiger partial charge in [0, 0.05) is 19.2 Å². The van der Waals surface area contributed by atoms with Gasteiger partial charge in [-0.15, -0.1) is 0 Å². The van der Waals surface area contributed by atoms with E-state index in [2.05, 4.69) is 42.2 Å². The van der Waals surface area contributed by atoms with Gasteiger partial charge >= 0.3 is 0 Å². The lowest BCUT2D eigenvalue weighted by Gasteiger charge is -2.35. The Bertz CT molecular complexity index is 736. The molecule has 0 aromatic carbocycles. The monoisotopic (exact) mass is 342 g/mol. The molecule has 0 radical (unpaired) electrons. The number of hydrogen-bond acceptors (Lipinski definition) is 3. The number of H-pyrrole nitrogens is 1. The van der Waals surface area contributed by atoms with E-state index in [1.54, 1.807) is 0 Å². The van der Waals surface area contributed by atoms with Crippen molar-refractivity contribution >= 4 is 22.8 Å². The number of rotatable bonds is 4. The maximum absolute atomic E-state index is 11.6. The number of nitrogens with one attached hydrogen (secondary N) is 2. The van der Waals surface area contributed by atoms with Crippen LogP contribution in [0.4, 0.5) is 5.82 Å². The minimum absolute atomic E-state index is 0.000533. The Morgan fingerprint density at radius 2 is 2.04 bits per heavy atom. The summed E-state index contributed by atoms with van der Waals surface area (Å²) in [6.45, 7) is 12.2. The molecule has 0 atom stereocenters. The fraction of sp³-hybridized carbons (Fsp3) is 0.600. The summed E-state index contributed by atoms with van der Waals surface area (Å²) in [6.07, 6.45) is 4.89. The molecule has 2 N–H and O–H groups in total. The highest BCUT2D eigenvalue weighted by molar-refractivity contribution is 5.91. The van der Waals surface area contributed by atoms with Crippen LogP contribution in [0.1, 0.15) is 58.4 Å². The minimum Gasteiger partial charge on any atom is -0.360 e. The van der Waals surface area contributed by atoms with E-state index in [9.17, 15) is 4.79 Å². The minimum atomic E-state index is -0.000533. The highest BCUT2D eigenvalue weighted by Gasteiger charge is 2.25. The summed E-state index contributed by atoms with van der Waals surface area (Å²) in [5.41, 5.74) is 3.68. The molecule has 5 heteroatoms. The maximum atomic E-state index is 11.6. The summed E-state index contributed by atoms with van der Waals surface area (Å²) in [6, 6.07) is 3.87. The highest BCUT2D eigenvalue weighted by Crippen LogP contribution is 2.33. The maximum Gasteiger partial charge on any atom is 0.225 e. The predicted molar refractivity (Wildman–Crippen MR) is 103 cm³/mol. The van der Waals surface area contributed by atoms with Crippen molar-refractivity contribution in [2.24, 2.45) is 5.41 Å². The molecule has 3 rings (SSSR count). The quantitative estimate of drug-likeness (QED) is 0.878. The summed E-state index contributed by atoms with van der Waals surface area (Å²) < 4.78 is 0. The summed E-state index contributed by atoms with van der Waals surface area (Å²) in [4.78, 5) is 22.2. The van der Waals surface area contributed by atoms with Crippen LogP contribution in [-0.2, 0) is 4.79 Å². The molecule has 1 aliphatic rings. The predicted octanol–water partition coefficient (Wildman–Crippen LogP) is 4.14. The van der Waals surface area contributed by atoms with Gasteiger partial charge in [-0.2, -0.15) is 0 Å². The van der Waals surface area contributed by atoms with E-state index < -0.39 is 0 Å². The van der Waals surface area contributed by atoms with E-state index in [1.165, 1.54) is 5.56 Å². The third kappa shape index (κ3) is 4.40. The molecule has 2 aromatic heterocycles. The number of nitrogens with zero attached hydrogens (tertiary/aromatic N) is 2. The fourth-order valence-corrected chi connectivity index (χ4v) is 3.70. The Morgan fingerprint density at radius 3 is 2.68 bits per heavy atom. The van der Waals surface area contributed by atoms with Crippen molar-refractivity contribution in [3.8, 4) is 0 Å². The van der Waals surface area contributed by atoms with E-state index in [1.807, 2.05) is 19.1 Å². The van der Waals surface area contributed by atoms with Crippen molar-refractivity contribution in [2.45, 2.75) is 52.9 Å². The average Bonchev–Trinajstić information content (AvgIpc) is 2.97. The van der Waals surface area contributed by atoms with Crippen molar-refractivity contribution in [3.63, 3.8) is 0 Å². The Labute approximate surface area is 150 Å². The summed E-state index contributed by atoms with van der Waals surface area (Å²) in [5.74, 6) is 1.18. The topological polar surface area (TPSA) is 61.0 Å². The number of fused-ring (bicyclic) bond motifs is 1. The molecule has 1 saturated heterocycles. The van der Waals surface area contributed by atoms with Crippen LogP contribution in [0.25, 0.3) is 11.0 Å².